The van der Waals surface area contributed by atoms with Gasteiger partial charge < -0.3 is 5.32 Å². The standard InChI is InChI=1S/C14H19F2N/c1-3-4-5-7-11(17-2)10-12-13(15)8-6-9-14(12)16/h3,6,8-9,11,17H,1,4-5,7,10H2,2H3. The van der Waals surface area contributed by atoms with Crippen molar-refractivity contribution in [3.63, 3.8) is 0 Å². The number of nitrogens with one attached hydrogen (secondary N) is 1. The van der Waals surface area contributed by atoms with E-state index in [1.54, 1.807) is 0 Å². The topological polar surface area (TPSA) is 12.0 Å². The zero-order chi connectivity index (χ0) is 12.7. The van der Waals surface area contributed by atoms with Gasteiger partial charge in [0.25, 0.3) is 0 Å². The Morgan fingerprint density at radius 3 is 2.53 bits per heavy atom. The van der Waals surface area contributed by atoms with Crippen LogP contribution in [-0.4, -0.2) is 13.1 Å². The number of halogens is 2. The van der Waals surface area contributed by atoms with Crippen LogP contribution < -0.4 is 5.32 Å². The summed E-state index contributed by atoms with van der Waals surface area (Å²) in [5.74, 6) is -0.928. The maximum absolute atomic E-state index is 13.5. The van der Waals surface area contributed by atoms with Gasteiger partial charge in [0.15, 0.2) is 0 Å². The molecule has 1 aromatic rings. The summed E-state index contributed by atoms with van der Waals surface area (Å²) in [4.78, 5) is 0. The predicted octanol–water partition coefficient (Wildman–Crippen LogP) is 3.45. The molecule has 0 radical (unpaired) electrons. The minimum absolute atomic E-state index is 0.0985. The molecule has 1 rings (SSSR count). The third-order valence-corrected chi connectivity index (χ3v) is 2.88. The molecule has 0 heterocycles. The van der Waals surface area contributed by atoms with Gasteiger partial charge in [-0.25, -0.2) is 8.78 Å². The maximum Gasteiger partial charge on any atom is 0.129 e. The van der Waals surface area contributed by atoms with Crippen LogP contribution >= 0.6 is 0 Å². The molecule has 0 aliphatic rings. The lowest BCUT2D eigenvalue weighted by Crippen LogP contribution is -2.28. The zero-order valence-electron chi connectivity index (χ0n) is 10.2. The fraction of sp³-hybridized carbons (Fsp3) is 0.429. The molecule has 3 heteroatoms. The molecule has 0 amide bonds. The number of hydrogen-bond donors (Lipinski definition) is 1. The van der Waals surface area contributed by atoms with Crippen LogP contribution in [0.3, 0.4) is 0 Å². The van der Waals surface area contributed by atoms with Gasteiger partial charge in [0.05, 0.1) is 0 Å². The van der Waals surface area contributed by atoms with E-state index in [0.717, 1.165) is 19.3 Å². The Kier molecular flexibility index (Phi) is 5.84. The number of rotatable bonds is 7. The average Bonchev–Trinajstić information content (AvgIpc) is 2.32. The smallest absolute Gasteiger partial charge is 0.129 e. The van der Waals surface area contributed by atoms with Gasteiger partial charge in [-0.15, -0.1) is 6.58 Å². The molecule has 0 saturated carbocycles. The summed E-state index contributed by atoms with van der Waals surface area (Å²) < 4.78 is 26.9. The predicted molar refractivity (Wildman–Crippen MR) is 67.0 cm³/mol. The van der Waals surface area contributed by atoms with Gasteiger partial charge in [0.1, 0.15) is 11.6 Å². The van der Waals surface area contributed by atoms with Crippen molar-refractivity contribution < 1.29 is 8.78 Å². The summed E-state index contributed by atoms with van der Waals surface area (Å²) in [6.07, 6.45) is 5.03. The number of allylic oxidation sites excluding steroid dienone is 1. The first kappa shape index (κ1) is 13.8. The van der Waals surface area contributed by atoms with E-state index in [-0.39, 0.29) is 11.6 Å². The molecule has 1 N–H and O–H groups in total. The van der Waals surface area contributed by atoms with E-state index >= 15 is 0 Å². The highest BCUT2D eigenvalue weighted by atomic mass is 19.1. The van der Waals surface area contributed by atoms with Crippen LogP contribution in [-0.2, 0) is 6.42 Å². The number of benzene rings is 1. The first-order valence-corrected chi connectivity index (χ1v) is 5.90. The number of likely N-dealkylation sites (N-methyl/N-ethyl adjacent to an activating group) is 1. The molecule has 0 aliphatic carbocycles. The molecule has 0 saturated heterocycles. The third-order valence-electron chi connectivity index (χ3n) is 2.88. The van der Waals surface area contributed by atoms with Crippen molar-refractivity contribution in [1.82, 2.24) is 5.32 Å². The van der Waals surface area contributed by atoms with E-state index in [4.69, 9.17) is 0 Å². The number of unbranched alkanes of at least 4 members (excludes halogenated alkanes) is 1. The van der Waals surface area contributed by atoms with E-state index in [2.05, 4.69) is 11.9 Å². The first-order valence-electron chi connectivity index (χ1n) is 5.90. The van der Waals surface area contributed by atoms with Crippen molar-refractivity contribution in [1.29, 1.82) is 0 Å². The summed E-state index contributed by atoms with van der Waals surface area (Å²) in [6.45, 7) is 3.66. The van der Waals surface area contributed by atoms with E-state index < -0.39 is 11.6 Å². The summed E-state index contributed by atoms with van der Waals surface area (Å²) in [5, 5.41) is 3.10. The molecular weight excluding hydrogens is 220 g/mol. The van der Waals surface area contributed by atoms with Crippen molar-refractivity contribution in [2.24, 2.45) is 0 Å². The first-order chi connectivity index (χ1) is 8.19. The van der Waals surface area contributed by atoms with E-state index in [1.807, 2.05) is 13.1 Å². The monoisotopic (exact) mass is 239 g/mol. The van der Waals surface area contributed by atoms with Crippen molar-refractivity contribution in [3.05, 3.63) is 48.1 Å². The molecule has 1 atom stereocenters. The second kappa shape index (κ2) is 7.17. The Bertz CT molecular complexity index is 343. The molecular formula is C14H19F2N. The van der Waals surface area contributed by atoms with E-state index in [1.165, 1.54) is 18.2 Å². The highest BCUT2D eigenvalue weighted by molar-refractivity contribution is 5.20. The normalized spacial score (nSPS) is 12.4. The van der Waals surface area contributed by atoms with Crippen LogP contribution in [0.15, 0.2) is 30.9 Å². The lowest BCUT2D eigenvalue weighted by molar-refractivity contribution is 0.473. The summed E-state index contributed by atoms with van der Waals surface area (Å²) in [7, 11) is 1.82. The fourth-order valence-corrected chi connectivity index (χ4v) is 1.83. The van der Waals surface area contributed by atoms with Crippen molar-refractivity contribution in [2.75, 3.05) is 7.05 Å². The van der Waals surface area contributed by atoms with Gasteiger partial charge in [-0.3, -0.25) is 0 Å². The molecule has 0 aliphatic heterocycles. The van der Waals surface area contributed by atoms with Gasteiger partial charge in [-0.2, -0.15) is 0 Å². The minimum atomic E-state index is -0.464. The quantitative estimate of drug-likeness (QED) is 0.567. The highest BCUT2D eigenvalue weighted by Crippen LogP contribution is 2.16. The van der Waals surface area contributed by atoms with Gasteiger partial charge in [-0.05, 0) is 44.9 Å². The Hall–Kier alpha value is -1.22. The largest absolute Gasteiger partial charge is 0.317 e. The van der Waals surface area contributed by atoms with Gasteiger partial charge >= 0.3 is 0 Å². The highest BCUT2D eigenvalue weighted by Gasteiger charge is 2.13. The van der Waals surface area contributed by atoms with Crippen LogP contribution in [0.2, 0.25) is 0 Å². The third kappa shape index (κ3) is 4.27. The Morgan fingerprint density at radius 1 is 1.35 bits per heavy atom. The van der Waals surface area contributed by atoms with E-state index in [9.17, 15) is 8.78 Å². The summed E-state index contributed by atoms with van der Waals surface area (Å²) in [5.41, 5.74) is 0.172. The molecule has 1 nitrogen and oxygen atoms in total. The van der Waals surface area contributed by atoms with Crippen LogP contribution in [0.25, 0.3) is 0 Å². The molecule has 0 spiro atoms. The Morgan fingerprint density at radius 2 is 2.00 bits per heavy atom. The van der Waals surface area contributed by atoms with Crippen LogP contribution in [0.5, 0.6) is 0 Å². The average molecular weight is 239 g/mol. The van der Waals surface area contributed by atoms with E-state index in [0.29, 0.717) is 6.42 Å². The van der Waals surface area contributed by atoms with Crippen molar-refractivity contribution >= 4 is 0 Å². The summed E-state index contributed by atoms with van der Waals surface area (Å²) >= 11 is 0. The minimum Gasteiger partial charge on any atom is -0.317 e. The molecule has 1 aromatic carbocycles. The van der Waals surface area contributed by atoms with Gasteiger partial charge in [-0.1, -0.05) is 12.1 Å². The molecule has 0 aromatic heterocycles. The molecule has 0 fully saturated rings. The van der Waals surface area contributed by atoms with Crippen molar-refractivity contribution in [2.45, 2.75) is 31.7 Å². The molecule has 17 heavy (non-hydrogen) atoms. The molecule has 1 unspecified atom stereocenters. The van der Waals surface area contributed by atoms with Crippen LogP contribution in [0.4, 0.5) is 8.78 Å². The second-order valence-electron chi connectivity index (χ2n) is 4.11. The van der Waals surface area contributed by atoms with Gasteiger partial charge in [0, 0.05) is 11.6 Å². The fourth-order valence-electron chi connectivity index (χ4n) is 1.83. The Balaban J connectivity index is 2.63. The van der Waals surface area contributed by atoms with Crippen LogP contribution in [0, 0.1) is 11.6 Å². The van der Waals surface area contributed by atoms with Crippen LogP contribution in [0.1, 0.15) is 24.8 Å². The Labute approximate surface area is 102 Å². The molecule has 94 valence electrons. The van der Waals surface area contributed by atoms with Crippen molar-refractivity contribution in [3.8, 4) is 0 Å². The lowest BCUT2D eigenvalue weighted by Gasteiger charge is -2.16. The maximum atomic E-state index is 13.5. The molecule has 0 bridgehead atoms. The lowest BCUT2D eigenvalue weighted by atomic mass is 10.00. The second-order valence-corrected chi connectivity index (χ2v) is 4.11. The SMILES string of the molecule is C=CCCCC(Cc1c(F)cccc1F)NC. The number of hydrogen-bond acceptors (Lipinski definition) is 1. The van der Waals surface area contributed by atoms with Gasteiger partial charge in [0.2, 0.25) is 0 Å². The summed E-state index contributed by atoms with van der Waals surface area (Å²) in [6, 6.07) is 4.09. The zero-order valence-corrected chi connectivity index (χ0v) is 10.2.